The Balaban J connectivity index is 1.61. The van der Waals surface area contributed by atoms with Crippen molar-refractivity contribution in [2.75, 3.05) is 0 Å². The summed E-state index contributed by atoms with van der Waals surface area (Å²) in [6.07, 6.45) is 6.52. The normalized spacial score (nSPS) is 16.4. The second-order valence-corrected chi connectivity index (χ2v) is 5.93. The van der Waals surface area contributed by atoms with Crippen molar-refractivity contribution in [2.24, 2.45) is 0 Å². The molecule has 1 aliphatic rings. The van der Waals surface area contributed by atoms with Crippen molar-refractivity contribution in [2.45, 2.75) is 25.3 Å². The molecule has 4 rings (SSSR count). The monoisotopic (exact) mass is 318 g/mol. The standard InChI is InChI=1S/C19H18N4O/c24-19(14-7-2-1-3-8-14)22-16-9-6-10-17-15(16)13-21-23(17)18-11-4-5-12-20-18/h1-5,7-8,11-13,16H,6,9-10H2,(H,22,24). The van der Waals surface area contributed by atoms with Gasteiger partial charge in [-0.1, -0.05) is 24.3 Å². The van der Waals surface area contributed by atoms with Crippen LogP contribution in [0.5, 0.6) is 0 Å². The maximum absolute atomic E-state index is 12.4. The number of pyridine rings is 1. The predicted molar refractivity (Wildman–Crippen MR) is 90.9 cm³/mol. The van der Waals surface area contributed by atoms with Gasteiger partial charge in [-0.05, 0) is 43.5 Å². The summed E-state index contributed by atoms with van der Waals surface area (Å²) in [5.41, 5.74) is 2.91. The number of rotatable bonds is 3. The SMILES string of the molecule is O=C(NC1CCCc2c1cnn2-c1ccccn1)c1ccccc1. The highest BCUT2D eigenvalue weighted by Crippen LogP contribution is 2.30. The van der Waals surface area contributed by atoms with Gasteiger partial charge in [0.2, 0.25) is 0 Å². The number of carbonyl (C=O) groups is 1. The molecule has 0 saturated heterocycles. The van der Waals surface area contributed by atoms with Crippen molar-refractivity contribution in [3.05, 3.63) is 77.7 Å². The molecule has 0 spiro atoms. The lowest BCUT2D eigenvalue weighted by Crippen LogP contribution is -2.31. The Morgan fingerprint density at radius 2 is 1.96 bits per heavy atom. The van der Waals surface area contributed by atoms with Gasteiger partial charge in [-0.15, -0.1) is 0 Å². The first-order valence-electron chi connectivity index (χ1n) is 8.17. The molecule has 1 aromatic carbocycles. The molecule has 24 heavy (non-hydrogen) atoms. The first-order chi connectivity index (χ1) is 11.8. The van der Waals surface area contributed by atoms with Crippen LogP contribution >= 0.6 is 0 Å². The average molecular weight is 318 g/mol. The van der Waals surface area contributed by atoms with E-state index in [2.05, 4.69) is 15.4 Å². The summed E-state index contributed by atoms with van der Waals surface area (Å²) in [5, 5.41) is 7.64. The third-order valence-corrected chi connectivity index (χ3v) is 4.39. The van der Waals surface area contributed by atoms with Gasteiger partial charge in [-0.2, -0.15) is 5.10 Å². The number of carbonyl (C=O) groups excluding carboxylic acids is 1. The first-order valence-corrected chi connectivity index (χ1v) is 8.17. The maximum atomic E-state index is 12.4. The van der Waals surface area contributed by atoms with E-state index in [1.165, 1.54) is 0 Å². The molecule has 0 fully saturated rings. The Labute approximate surface area is 140 Å². The number of aromatic nitrogens is 3. The van der Waals surface area contributed by atoms with Gasteiger partial charge in [0.1, 0.15) is 0 Å². The van der Waals surface area contributed by atoms with Gasteiger partial charge in [0.15, 0.2) is 5.82 Å². The lowest BCUT2D eigenvalue weighted by molar-refractivity contribution is 0.0932. The van der Waals surface area contributed by atoms with Gasteiger partial charge < -0.3 is 5.32 Å². The molecule has 0 saturated carbocycles. The topological polar surface area (TPSA) is 59.8 Å². The zero-order valence-electron chi connectivity index (χ0n) is 13.2. The largest absolute Gasteiger partial charge is 0.345 e. The summed E-state index contributed by atoms with van der Waals surface area (Å²) in [7, 11) is 0. The van der Waals surface area contributed by atoms with E-state index in [1.807, 2.05) is 59.4 Å². The number of hydrogen-bond donors (Lipinski definition) is 1. The lowest BCUT2D eigenvalue weighted by atomic mass is 9.92. The molecular formula is C19H18N4O. The number of nitrogens with zero attached hydrogens (tertiary/aromatic N) is 3. The molecule has 1 aliphatic carbocycles. The van der Waals surface area contributed by atoms with Gasteiger partial charge >= 0.3 is 0 Å². The molecule has 0 bridgehead atoms. The molecule has 2 aromatic heterocycles. The highest BCUT2D eigenvalue weighted by Gasteiger charge is 2.26. The van der Waals surface area contributed by atoms with Gasteiger partial charge in [0.25, 0.3) is 5.91 Å². The van der Waals surface area contributed by atoms with Crippen LogP contribution in [0.3, 0.4) is 0 Å². The summed E-state index contributed by atoms with van der Waals surface area (Å²) in [5.74, 6) is 0.771. The smallest absolute Gasteiger partial charge is 0.251 e. The minimum Gasteiger partial charge on any atom is -0.345 e. The highest BCUT2D eigenvalue weighted by molar-refractivity contribution is 5.94. The van der Waals surface area contributed by atoms with Crippen molar-refractivity contribution in [3.63, 3.8) is 0 Å². The zero-order chi connectivity index (χ0) is 16.4. The Bertz CT molecular complexity index is 842. The fourth-order valence-corrected chi connectivity index (χ4v) is 3.21. The molecule has 1 amide bonds. The third kappa shape index (κ3) is 2.69. The van der Waals surface area contributed by atoms with Crippen LogP contribution in [0.2, 0.25) is 0 Å². The molecule has 5 heteroatoms. The fourth-order valence-electron chi connectivity index (χ4n) is 3.21. The average Bonchev–Trinajstić information content (AvgIpc) is 3.08. The Morgan fingerprint density at radius 3 is 2.75 bits per heavy atom. The van der Waals surface area contributed by atoms with Crippen molar-refractivity contribution in [1.29, 1.82) is 0 Å². The number of hydrogen-bond acceptors (Lipinski definition) is 3. The van der Waals surface area contributed by atoms with E-state index in [0.717, 1.165) is 36.3 Å². The second kappa shape index (κ2) is 6.28. The Hall–Kier alpha value is -2.95. The van der Waals surface area contributed by atoms with E-state index >= 15 is 0 Å². The van der Waals surface area contributed by atoms with Gasteiger partial charge in [0, 0.05) is 17.3 Å². The minimum absolute atomic E-state index is 0.00100. The zero-order valence-corrected chi connectivity index (χ0v) is 13.2. The molecule has 0 radical (unpaired) electrons. The molecule has 5 nitrogen and oxygen atoms in total. The summed E-state index contributed by atoms with van der Waals surface area (Å²) < 4.78 is 1.89. The van der Waals surface area contributed by atoms with E-state index in [-0.39, 0.29) is 11.9 Å². The molecule has 1 unspecified atom stereocenters. The molecule has 0 aliphatic heterocycles. The lowest BCUT2D eigenvalue weighted by Gasteiger charge is -2.24. The van der Waals surface area contributed by atoms with Gasteiger partial charge in [-0.3, -0.25) is 4.79 Å². The van der Waals surface area contributed by atoms with E-state index < -0.39 is 0 Å². The quantitative estimate of drug-likeness (QED) is 0.807. The molecule has 1 N–H and O–H groups in total. The van der Waals surface area contributed by atoms with Crippen molar-refractivity contribution < 1.29 is 4.79 Å². The summed E-state index contributed by atoms with van der Waals surface area (Å²) in [6, 6.07) is 15.1. The van der Waals surface area contributed by atoms with Gasteiger partial charge in [0.05, 0.1) is 17.9 Å². The van der Waals surface area contributed by atoms with Crippen molar-refractivity contribution in [1.82, 2.24) is 20.1 Å². The number of fused-ring (bicyclic) bond motifs is 1. The minimum atomic E-state index is -0.0426. The van der Waals surface area contributed by atoms with Crippen LogP contribution in [0.15, 0.2) is 60.9 Å². The van der Waals surface area contributed by atoms with Crippen LogP contribution in [-0.4, -0.2) is 20.7 Å². The predicted octanol–water partition coefficient (Wildman–Crippen LogP) is 3.07. The number of benzene rings is 1. The van der Waals surface area contributed by atoms with Gasteiger partial charge in [-0.25, -0.2) is 9.67 Å². The second-order valence-electron chi connectivity index (χ2n) is 5.93. The van der Waals surface area contributed by atoms with E-state index in [9.17, 15) is 4.79 Å². The maximum Gasteiger partial charge on any atom is 0.251 e. The third-order valence-electron chi connectivity index (χ3n) is 4.39. The summed E-state index contributed by atoms with van der Waals surface area (Å²) in [4.78, 5) is 16.8. The summed E-state index contributed by atoms with van der Waals surface area (Å²) >= 11 is 0. The Kier molecular flexibility index (Phi) is 3.83. The fraction of sp³-hybridized carbons (Fsp3) is 0.211. The van der Waals surface area contributed by atoms with Crippen LogP contribution in [0, 0.1) is 0 Å². The molecule has 3 aromatic rings. The highest BCUT2D eigenvalue weighted by atomic mass is 16.1. The van der Waals surface area contributed by atoms with Crippen LogP contribution in [-0.2, 0) is 6.42 Å². The van der Waals surface area contributed by atoms with Crippen LogP contribution in [0.1, 0.15) is 40.5 Å². The van der Waals surface area contributed by atoms with E-state index in [0.29, 0.717) is 5.56 Å². The molecule has 1 atom stereocenters. The number of nitrogens with one attached hydrogen (secondary N) is 1. The first kappa shape index (κ1) is 14.6. The summed E-state index contributed by atoms with van der Waals surface area (Å²) in [6.45, 7) is 0. The molecular weight excluding hydrogens is 300 g/mol. The van der Waals surface area contributed by atoms with Crippen molar-refractivity contribution >= 4 is 5.91 Å². The van der Waals surface area contributed by atoms with Crippen LogP contribution in [0.4, 0.5) is 0 Å². The van der Waals surface area contributed by atoms with E-state index in [4.69, 9.17) is 0 Å². The van der Waals surface area contributed by atoms with Crippen molar-refractivity contribution in [3.8, 4) is 5.82 Å². The molecule has 120 valence electrons. The van der Waals surface area contributed by atoms with E-state index in [1.54, 1.807) is 6.20 Å². The number of amides is 1. The Morgan fingerprint density at radius 1 is 1.12 bits per heavy atom. The van der Waals surface area contributed by atoms with Crippen LogP contribution in [0.25, 0.3) is 5.82 Å². The molecule has 2 heterocycles. The van der Waals surface area contributed by atoms with Crippen LogP contribution < -0.4 is 5.32 Å².